The fourth-order valence-corrected chi connectivity index (χ4v) is 1.64. The quantitative estimate of drug-likeness (QED) is 0.911. The van der Waals surface area contributed by atoms with Crippen LogP contribution in [0.2, 0.25) is 0 Å². The number of halogens is 2. The van der Waals surface area contributed by atoms with Gasteiger partial charge < -0.3 is 10.1 Å². The van der Waals surface area contributed by atoms with E-state index in [1.165, 1.54) is 12.8 Å². The maximum Gasteiger partial charge on any atom is 0.137 e. The summed E-state index contributed by atoms with van der Waals surface area (Å²) in [6.07, 6.45) is 4.27. The highest BCUT2D eigenvalue weighted by Gasteiger charge is 2.14. The van der Waals surface area contributed by atoms with E-state index < -0.39 is 0 Å². The number of ether oxygens (including phenoxy) is 1. The minimum Gasteiger partial charge on any atom is -0.490 e. The molecule has 0 unspecified atom stereocenters. The molecule has 1 aromatic heterocycles. The number of hydrogen-bond acceptors (Lipinski definition) is 3. The Balaban J connectivity index is 0.00000112. The average Bonchev–Trinajstić information content (AvgIpc) is 2.70. The molecule has 1 fully saturated rings. The van der Waals surface area contributed by atoms with Gasteiger partial charge in [0.25, 0.3) is 0 Å². The molecule has 16 heavy (non-hydrogen) atoms. The van der Waals surface area contributed by atoms with Crippen molar-refractivity contribution in [1.82, 2.24) is 10.3 Å². The second kappa shape index (κ2) is 7.71. The van der Waals surface area contributed by atoms with Crippen molar-refractivity contribution in [3.8, 4) is 5.75 Å². The number of aromatic nitrogens is 1. The van der Waals surface area contributed by atoms with Crippen molar-refractivity contribution in [2.24, 2.45) is 0 Å². The molecule has 0 spiro atoms. The Morgan fingerprint density at radius 2 is 2.25 bits per heavy atom. The van der Waals surface area contributed by atoms with Crippen LogP contribution in [0.3, 0.4) is 0 Å². The fourth-order valence-electron chi connectivity index (χ4n) is 1.64. The summed E-state index contributed by atoms with van der Waals surface area (Å²) in [6.45, 7) is 3.85. The molecular formula is C11H18Cl2N2O. The van der Waals surface area contributed by atoms with Gasteiger partial charge in [-0.2, -0.15) is 0 Å². The van der Waals surface area contributed by atoms with Gasteiger partial charge in [0.2, 0.25) is 0 Å². The first-order valence-electron chi connectivity index (χ1n) is 5.13. The van der Waals surface area contributed by atoms with Crippen molar-refractivity contribution < 1.29 is 4.74 Å². The summed E-state index contributed by atoms with van der Waals surface area (Å²) in [4.78, 5) is 4.18. The lowest BCUT2D eigenvalue weighted by molar-refractivity contribution is 0.276. The van der Waals surface area contributed by atoms with E-state index in [0.717, 1.165) is 24.6 Å². The molecule has 1 aromatic rings. The van der Waals surface area contributed by atoms with Gasteiger partial charge in [-0.25, -0.2) is 0 Å². The second-order valence-corrected chi connectivity index (χ2v) is 3.74. The summed E-state index contributed by atoms with van der Waals surface area (Å²) in [5.41, 5.74) is 1.02. The van der Waals surface area contributed by atoms with Crippen molar-refractivity contribution in [2.45, 2.75) is 25.8 Å². The molecule has 0 radical (unpaired) electrons. The predicted octanol–water partition coefficient (Wildman–Crippen LogP) is 2.36. The maximum absolute atomic E-state index is 5.62. The lowest BCUT2D eigenvalue weighted by Gasteiger charge is -2.11. The highest BCUT2D eigenvalue weighted by molar-refractivity contribution is 5.85. The molecule has 3 nitrogen and oxygen atoms in total. The van der Waals surface area contributed by atoms with Gasteiger partial charge >= 0.3 is 0 Å². The zero-order valence-electron chi connectivity index (χ0n) is 9.31. The van der Waals surface area contributed by atoms with Gasteiger partial charge in [0.1, 0.15) is 12.4 Å². The van der Waals surface area contributed by atoms with Crippen molar-refractivity contribution in [2.75, 3.05) is 13.2 Å². The minimum absolute atomic E-state index is 0. The van der Waals surface area contributed by atoms with Gasteiger partial charge in [0.15, 0.2) is 0 Å². The van der Waals surface area contributed by atoms with Gasteiger partial charge in [0, 0.05) is 11.7 Å². The molecule has 0 aliphatic carbocycles. The first-order chi connectivity index (χ1) is 6.84. The zero-order chi connectivity index (χ0) is 9.80. The van der Waals surface area contributed by atoms with E-state index in [-0.39, 0.29) is 24.8 Å². The molecule has 0 aromatic carbocycles. The average molecular weight is 265 g/mol. The monoisotopic (exact) mass is 264 g/mol. The van der Waals surface area contributed by atoms with Crippen molar-refractivity contribution in [3.05, 3.63) is 24.0 Å². The van der Waals surface area contributed by atoms with Crippen LogP contribution in [-0.2, 0) is 0 Å². The zero-order valence-corrected chi connectivity index (χ0v) is 10.9. The van der Waals surface area contributed by atoms with E-state index in [1.54, 1.807) is 6.20 Å². The molecule has 2 heterocycles. The third kappa shape index (κ3) is 4.56. The standard InChI is InChI=1S/C11H16N2O.2ClH/c1-9-4-5-11(7-13-9)14-8-10-3-2-6-12-10;;/h4-5,7,10,12H,2-3,6,8H2,1H3;2*1H/t10-;;/m0../s1. The molecule has 1 aliphatic rings. The number of aryl methyl sites for hydroxylation is 1. The van der Waals surface area contributed by atoms with Gasteiger partial charge in [0.05, 0.1) is 6.20 Å². The Morgan fingerprint density at radius 3 is 2.81 bits per heavy atom. The summed E-state index contributed by atoms with van der Waals surface area (Å²) in [7, 11) is 0. The molecule has 2 rings (SSSR count). The van der Waals surface area contributed by atoms with Gasteiger partial charge in [-0.1, -0.05) is 0 Å². The van der Waals surface area contributed by atoms with Crippen LogP contribution in [0.25, 0.3) is 0 Å². The molecule has 5 heteroatoms. The summed E-state index contributed by atoms with van der Waals surface area (Å²) in [5, 5.41) is 3.39. The maximum atomic E-state index is 5.62. The molecular weight excluding hydrogens is 247 g/mol. The first kappa shape index (κ1) is 15.5. The van der Waals surface area contributed by atoms with Crippen molar-refractivity contribution in [1.29, 1.82) is 0 Å². The Hall–Kier alpha value is -0.510. The topological polar surface area (TPSA) is 34.1 Å². The van der Waals surface area contributed by atoms with Crippen LogP contribution in [0.5, 0.6) is 5.75 Å². The van der Waals surface area contributed by atoms with Crippen molar-refractivity contribution in [3.63, 3.8) is 0 Å². The highest BCUT2D eigenvalue weighted by Crippen LogP contribution is 2.11. The third-order valence-electron chi connectivity index (χ3n) is 2.50. The van der Waals surface area contributed by atoms with E-state index in [2.05, 4.69) is 10.3 Å². The van der Waals surface area contributed by atoms with Gasteiger partial charge in [-0.05, 0) is 38.4 Å². The molecule has 0 bridgehead atoms. The molecule has 1 N–H and O–H groups in total. The van der Waals surface area contributed by atoms with E-state index in [4.69, 9.17) is 4.74 Å². The lowest BCUT2D eigenvalue weighted by atomic mass is 10.2. The van der Waals surface area contributed by atoms with Crippen LogP contribution in [0.15, 0.2) is 18.3 Å². The summed E-state index contributed by atoms with van der Waals surface area (Å²) in [6, 6.07) is 4.46. The van der Waals surface area contributed by atoms with E-state index in [1.807, 2.05) is 19.1 Å². The van der Waals surface area contributed by atoms with Crippen LogP contribution in [0.1, 0.15) is 18.5 Å². The van der Waals surface area contributed by atoms with Gasteiger partial charge in [-0.3, -0.25) is 4.98 Å². The molecule has 0 amide bonds. The highest BCUT2D eigenvalue weighted by atomic mass is 35.5. The summed E-state index contributed by atoms with van der Waals surface area (Å²) >= 11 is 0. The van der Waals surface area contributed by atoms with Crippen LogP contribution in [0, 0.1) is 6.92 Å². The Bertz CT molecular complexity index is 287. The van der Waals surface area contributed by atoms with Gasteiger partial charge in [-0.15, -0.1) is 24.8 Å². The number of pyridine rings is 1. The molecule has 92 valence electrons. The van der Waals surface area contributed by atoms with Crippen LogP contribution in [-0.4, -0.2) is 24.2 Å². The largest absolute Gasteiger partial charge is 0.490 e. The summed E-state index contributed by atoms with van der Waals surface area (Å²) in [5.74, 6) is 0.865. The third-order valence-corrected chi connectivity index (χ3v) is 2.50. The fraction of sp³-hybridized carbons (Fsp3) is 0.545. The predicted molar refractivity (Wildman–Crippen MR) is 70.0 cm³/mol. The number of nitrogens with zero attached hydrogens (tertiary/aromatic N) is 1. The Morgan fingerprint density at radius 1 is 1.44 bits per heavy atom. The molecule has 1 atom stereocenters. The smallest absolute Gasteiger partial charge is 0.137 e. The molecule has 1 saturated heterocycles. The normalized spacial score (nSPS) is 18.4. The first-order valence-corrected chi connectivity index (χ1v) is 5.13. The number of rotatable bonds is 3. The second-order valence-electron chi connectivity index (χ2n) is 3.74. The molecule has 1 aliphatic heterocycles. The molecule has 0 saturated carbocycles. The Kier molecular flexibility index (Phi) is 7.47. The van der Waals surface area contributed by atoms with E-state index in [0.29, 0.717) is 6.04 Å². The lowest BCUT2D eigenvalue weighted by Crippen LogP contribution is -2.28. The van der Waals surface area contributed by atoms with E-state index in [9.17, 15) is 0 Å². The van der Waals surface area contributed by atoms with Crippen LogP contribution in [0.4, 0.5) is 0 Å². The van der Waals surface area contributed by atoms with E-state index >= 15 is 0 Å². The summed E-state index contributed by atoms with van der Waals surface area (Å²) < 4.78 is 5.62. The number of nitrogens with one attached hydrogen (secondary N) is 1. The number of hydrogen-bond donors (Lipinski definition) is 1. The van der Waals surface area contributed by atoms with Crippen LogP contribution >= 0.6 is 24.8 Å². The minimum atomic E-state index is 0. The SMILES string of the molecule is Cc1ccc(OC[C@@H]2CCCN2)cn1.Cl.Cl. The van der Waals surface area contributed by atoms with Crippen molar-refractivity contribution >= 4 is 24.8 Å². The van der Waals surface area contributed by atoms with Crippen LogP contribution < -0.4 is 10.1 Å². The Labute approximate surface area is 109 Å².